The Hall–Kier alpha value is -0.570. The van der Waals surface area contributed by atoms with E-state index >= 15 is 0 Å². The maximum atomic E-state index is 11.2. The van der Waals surface area contributed by atoms with Gasteiger partial charge in [0.2, 0.25) is 5.91 Å². The molecule has 0 spiro atoms. The molecule has 0 bridgehead atoms. The van der Waals surface area contributed by atoms with E-state index in [-0.39, 0.29) is 5.91 Å². The summed E-state index contributed by atoms with van der Waals surface area (Å²) in [5, 5.41) is 2.03. The molecular weight excluding hydrogens is 152 g/mol. The Labute approximate surface area is 74.1 Å². The Bertz CT molecular complexity index is 141. The van der Waals surface area contributed by atoms with Crippen LogP contribution in [0.25, 0.3) is 0 Å². The Morgan fingerprint density at radius 1 is 1.42 bits per heavy atom. The summed E-state index contributed by atoms with van der Waals surface area (Å²) >= 11 is 0. The molecule has 1 aliphatic rings. The lowest BCUT2D eigenvalue weighted by Crippen LogP contribution is -2.39. The summed E-state index contributed by atoms with van der Waals surface area (Å²) in [5.74, 6) is 0.179. The molecule has 0 atom stereocenters. The van der Waals surface area contributed by atoms with E-state index in [0.29, 0.717) is 6.42 Å². The molecule has 3 heteroatoms. The van der Waals surface area contributed by atoms with Crippen LogP contribution in [0, 0.1) is 0 Å². The lowest BCUT2D eigenvalue weighted by molar-refractivity contribution is -0.125. The van der Waals surface area contributed by atoms with E-state index in [0.717, 1.165) is 25.9 Å². The van der Waals surface area contributed by atoms with Gasteiger partial charge in [-0.25, -0.2) is 5.01 Å². The standard InChI is InChI=1S/C9H18N2O/c1-2-3-6-9(12)10-11-7-4-5-8-11/h2-8H2,1H3,(H,10,12). The van der Waals surface area contributed by atoms with Crippen LogP contribution in [-0.2, 0) is 4.79 Å². The van der Waals surface area contributed by atoms with Gasteiger partial charge in [-0.2, -0.15) is 0 Å². The first-order valence-electron chi connectivity index (χ1n) is 4.87. The predicted octanol–water partition coefficient (Wildman–Crippen LogP) is 1.30. The molecule has 3 nitrogen and oxygen atoms in total. The smallest absolute Gasteiger partial charge is 0.234 e. The van der Waals surface area contributed by atoms with Gasteiger partial charge in [-0.3, -0.25) is 10.2 Å². The fourth-order valence-corrected chi connectivity index (χ4v) is 1.40. The Morgan fingerprint density at radius 2 is 2.08 bits per heavy atom. The van der Waals surface area contributed by atoms with Gasteiger partial charge in [0.25, 0.3) is 0 Å². The fourth-order valence-electron chi connectivity index (χ4n) is 1.40. The van der Waals surface area contributed by atoms with Crippen LogP contribution in [0.5, 0.6) is 0 Å². The van der Waals surface area contributed by atoms with Gasteiger partial charge < -0.3 is 0 Å². The molecule has 1 rings (SSSR count). The van der Waals surface area contributed by atoms with Crippen LogP contribution in [0.4, 0.5) is 0 Å². The monoisotopic (exact) mass is 170 g/mol. The number of unbranched alkanes of at least 4 members (excludes halogenated alkanes) is 1. The largest absolute Gasteiger partial charge is 0.289 e. The zero-order valence-electron chi connectivity index (χ0n) is 7.81. The number of carbonyl (C=O) groups excluding carboxylic acids is 1. The van der Waals surface area contributed by atoms with Crippen molar-refractivity contribution in [3.63, 3.8) is 0 Å². The highest BCUT2D eigenvalue weighted by atomic mass is 16.2. The molecule has 0 aromatic rings. The number of rotatable bonds is 4. The molecule has 12 heavy (non-hydrogen) atoms. The number of nitrogens with one attached hydrogen (secondary N) is 1. The summed E-state index contributed by atoms with van der Waals surface area (Å²) in [5.41, 5.74) is 2.91. The maximum Gasteiger partial charge on any atom is 0.234 e. The number of hydrogen-bond acceptors (Lipinski definition) is 2. The van der Waals surface area contributed by atoms with Crippen molar-refractivity contribution in [1.29, 1.82) is 0 Å². The maximum absolute atomic E-state index is 11.2. The molecule has 1 heterocycles. The van der Waals surface area contributed by atoms with Gasteiger partial charge >= 0.3 is 0 Å². The Morgan fingerprint density at radius 3 is 2.67 bits per heavy atom. The Balaban J connectivity index is 2.08. The summed E-state index contributed by atoms with van der Waals surface area (Å²) in [7, 11) is 0. The Kier molecular flexibility index (Phi) is 4.08. The van der Waals surface area contributed by atoms with Crippen molar-refractivity contribution >= 4 is 5.91 Å². The summed E-state index contributed by atoms with van der Waals surface area (Å²) in [6.07, 6.45) is 5.20. The summed E-state index contributed by atoms with van der Waals surface area (Å²) in [6, 6.07) is 0. The quantitative estimate of drug-likeness (QED) is 0.689. The average molecular weight is 170 g/mol. The molecule has 0 radical (unpaired) electrons. The van der Waals surface area contributed by atoms with Crippen LogP contribution in [0.2, 0.25) is 0 Å². The minimum atomic E-state index is 0.179. The van der Waals surface area contributed by atoms with E-state index in [1.807, 2.05) is 5.01 Å². The zero-order chi connectivity index (χ0) is 8.81. The highest BCUT2D eigenvalue weighted by Crippen LogP contribution is 2.04. The van der Waals surface area contributed by atoms with E-state index in [1.54, 1.807) is 0 Å². The van der Waals surface area contributed by atoms with Crippen LogP contribution in [0.1, 0.15) is 39.0 Å². The zero-order valence-corrected chi connectivity index (χ0v) is 7.81. The second kappa shape index (κ2) is 5.14. The van der Waals surface area contributed by atoms with E-state index < -0.39 is 0 Å². The van der Waals surface area contributed by atoms with Crippen molar-refractivity contribution in [2.75, 3.05) is 13.1 Å². The van der Waals surface area contributed by atoms with Gasteiger partial charge in [0.15, 0.2) is 0 Å². The first kappa shape index (κ1) is 9.52. The molecule has 70 valence electrons. The minimum absolute atomic E-state index is 0.179. The summed E-state index contributed by atoms with van der Waals surface area (Å²) in [6.45, 7) is 4.15. The molecule has 0 aromatic heterocycles. The van der Waals surface area contributed by atoms with Gasteiger partial charge in [0, 0.05) is 19.5 Å². The number of amides is 1. The van der Waals surface area contributed by atoms with Crippen LogP contribution < -0.4 is 5.43 Å². The third-order valence-electron chi connectivity index (χ3n) is 2.15. The highest BCUT2D eigenvalue weighted by Gasteiger charge is 2.12. The lowest BCUT2D eigenvalue weighted by atomic mass is 10.2. The van der Waals surface area contributed by atoms with Crippen LogP contribution >= 0.6 is 0 Å². The van der Waals surface area contributed by atoms with Gasteiger partial charge in [0.1, 0.15) is 0 Å². The SMILES string of the molecule is CCCCC(=O)NN1CCCC1. The van der Waals surface area contributed by atoms with Crippen LogP contribution in [0.3, 0.4) is 0 Å². The summed E-state index contributed by atoms with van der Waals surface area (Å²) < 4.78 is 0. The van der Waals surface area contributed by atoms with Gasteiger partial charge in [-0.05, 0) is 19.3 Å². The lowest BCUT2D eigenvalue weighted by Gasteiger charge is -2.15. The number of hydrazine groups is 1. The van der Waals surface area contributed by atoms with Crippen molar-refractivity contribution in [2.45, 2.75) is 39.0 Å². The van der Waals surface area contributed by atoms with Crippen molar-refractivity contribution < 1.29 is 4.79 Å². The number of hydrogen-bond donors (Lipinski definition) is 1. The third kappa shape index (κ3) is 3.22. The third-order valence-corrected chi connectivity index (χ3v) is 2.15. The predicted molar refractivity (Wildman–Crippen MR) is 48.5 cm³/mol. The molecule has 1 amide bonds. The van der Waals surface area contributed by atoms with Crippen molar-refractivity contribution in [1.82, 2.24) is 10.4 Å². The fraction of sp³-hybridized carbons (Fsp3) is 0.889. The second-order valence-corrected chi connectivity index (χ2v) is 3.33. The summed E-state index contributed by atoms with van der Waals surface area (Å²) in [4.78, 5) is 11.2. The molecule has 1 N–H and O–H groups in total. The molecule has 1 aliphatic heterocycles. The number of carbonyl (C=O) groups is 1. The van der Waals surface area contributed by atoms with Crippen molar-refractivity contribution in [3.05, 3.63) is 0 Å². The van der Waals surface area contributed by atoms with Crippen LogP contribution in [0.15, 0.2) is 0 Å². The van der Waals surface area contributed by atoms with Crippen molar-refractivity contribution in [3.8, 4) is 0 Å². The second-order valence-electron chi connectivity index (χ2n) is 3.33. The topological polar surface area (TPSA) is 32.3 Å². The van der Waals surface area contributed by atoms with E-state index in [4.69, 9.17) is 0 Å². The molecule has 0 unspecified atom stereocenters. The normalized spacial score (nSPS) is 18.1. The molecule has 0 saturated carbocycles. The molecule has 0 aliphatic carbocycles. The van der Waals surface area contributed by atoms with Crippen molar-refractivity contribution in [2.24, 2.45) is 0 Å². The van der Waals surface area contributed by atoms with E-state index in [1.165, 1.54) is 12.8 Å². The van der Waals surface area contributed by atoms with E-state index in [2.05, 4.69) is 12.3 Å². The molecule has 1 saturated heterocycles. The number of nitrogens with zero attached hydrogens (tertiary/aromatic N) is 1. The minimum Gasteiger partial charge on any atom is -0.289 e. The van der Waals surface area contributed by atoms with Gasteiger partial charge in [0.05, 0.1) is 0 Å². The van der Waals surface area contributed by atoms with Crippen LogP contribution in [-0.4, -0.2) is 24.0 Å². The first-order chi connectivity index (χ1) is 5.83. The average Bonchev–Trinajstić information content (AvgIpc) is 2.53. The molecule has 1 fully saturated rings. The first-order valence-corrected chi connectivity index (χ1v) is 4.87. The highest BCUT2D eigenvalue weighted by molar-refractivity contribution is 5.75. The van der Waals surface area contributed by atoms with Gasteiger partial charge in [-0.1, -0.05) is 13.3 Å². The molecule has 0 aromatic carbocycles. The van der Waals surface area contributed by atoms with E-state index in [9.17, 15) is 4.79 Å². The van der Waals surface area contributed by atoms with Gasteiger partial charge in [-0.15, -0.1) is 0 Å². The molecular formula is C9H18N2O.